The summed E-state index contributed by atoms with van der Waals surface area (Å²) in [5, 5.41) is 0.859. The number of rotatable bonds is 5. The molecule has 0 aromatic heterocycles. The van der Waals surface area contributed by atoms with Crippen molar-refractivity contribution in [3.63, 3.8) is 0 Å². The summed E-state index contributed by atoms with van der Waals surface area (Å²) >= 11 is 5.20. The zero-order chi connectivity index (χ0) is 11.3. The highest BCUT2D eigenvalue weighted by Crippen LogP contribution is 2.29. The van der Waals surface area contributed by atoms with Crippen molar-refractivity contribution < 1.29 is 4.79 Å². The van der Waals surface area contributed by atoms with Crippen LogP contribution >= 0.6 is 27.7 Å². The fourth-order valence-electron chi connectivity index (χ4n) is 1.05. The lowest BCUT2D eigenvalue weighted by molar-refractivity contribution is -0.113. The smallest absolute Gasteiger partial charge is 0.126 e. The monoisotopic (exact) mass is 286 g/mol. The van der Waals surface area contributed by atoms with E-state index in [1.54, 1.807) is 11.8 Å². The van der Waals surface area contributed by atoms with Crippen LogP contribution in [0.5, 0.6) is 0 Å². The van der Waals surface area contributed by atoms with E-state index in [0.717, 1.165) is 17.4 Å². The molecule has 1 nitrogen and oxygen atoms in total. The Balaban J connectivity index is 2.68. The first kappa shape index (κ1) is 12.8. The van der Waals surface area contributed by atoms with Crippen LogP contribution in [0.1, 0.15) is 19.4 Å². The summed E-state index contributed by atoms with van der Waals surface area (Å²) in [4.78, 5) is 12.0. The van der Waals surface area contributed by atoms with E-state index in [1.807, 2.05) is 26.0 Å². The number of thioether (sulfide) groups is 1. The first-order valence-corrected chi connectivity index (χ1v) is 6.93. The lowest BCUT2D eigenvalue weighted by Gasteiger charge is -2.16. The quantitative estimate of drug-likeness (QED) is 0.464. The number of hydrogen-bond donors (Lipinski definition) is 0. The minimum absolute atomic E-state index is 0.246. The molecule has 0 aliphatic carbocycles. The number of hydrogen-bond acceptors (Lipinski definition) is 2. The molecule has 0 heterocycles. The van der Waals surface area contributed by atoms with Gasteiger partial charge in [-0.1, -0.05) is 48.0 Å². The molecule has 82 valence electrons. The van der Waals surface area contributed by atoms with Crippen LogP contribution in [0, 0.1) is 5.41 Å². The van der Waals surface area contributed by atoms with Crippen molar-refractivity contribution in [2.45, 2.75) is 24.1 Å². The molecule has 3 heteroatoms. The van der Waals surface area contributed by atoms with Crippen LogP contribution in [0.25, 0.3) is 0 Å². The van der Waals surface area contributed by atoms with Crippen molar-refractivity contribution in [2.75, 3.05) is 5.75 Å². The molecule has 1 aromatic rings. The average Bonchev–Trinajstić information content (AvgIpc) is 2.27. The van der Waals surface area contributed by atoms with Gasteiger partial charge in [0.15, 0.2) is 0 Å². The van der Waals surface area contributed by atoms with Crippen molar-refractivity contribution in [3.8, 4) is 0 Å². The predicted octanol–water partition coefficient (Wildman–Crippen LogP) is 3.90. The molecule has 1 rings (SSSR count). The molecular formula is C12H15BrOS. The van der Waals surface area contributed by atoms with Crippen LogP contribution in [0.4, 0.5) is 0 Å². The molecule has 0 saturated heterocycles. The maximum Gasteiger partial charge on any atom is 0.126 e. The lowest BCUT2D eigenvalue weighted by atomic mass is 10.00. The van der Waals surface area contributed by atoms with Crippen molar-refractivity contribution in [3.05, 3.63) is 29.8 Å². The Morgan fingerprint density at radius 2 is 2.07 bits per heavy atom. The highest BCUT2D eigenvalue weighted by atomic mass is 79.9. The van der Waals surface area contributed by atoms with Gasteiger partial charge in [0.05, 0.1) is 0 Å². The second-order valence-corrected chi connectivity index (χ2v) is 5.71. The third-order valence-corrected chi connectivity index (χ3v) is 4.24. The van der Waals surface area contributed by atoms with Gasteiger partial charge < -0.3 is 4.79 Å². The van der Waals surface area contributed by atoms with Gasteiger partial charge >= 0.3 is 0 Å². The topological polar surface area (TPSA) is 17.1 Å². The van der Waals surface area contributed by atoms with Crippen molar-refractivity contribution >= 4 is 34.0 Å². The van der Waals surface area contributed by atoms with Gasteiger partial charge in [-0.2, -0.15) is 0 Å². The van der Waals surface area contributed by atoms with Gasteiger partial charge in [0.2, 0.25) is 0 Å². The second kappa shape index (κ2) is 5.71. The standard InChI is InChI=1S/C12H15BrOS/c1-12(2,8-14)9-15-11-6-4-3-5-10(11)7-13/h3-6,8H,7,9H2,1-2H3. The van der Waals surface area contributed by atoms with E-state index in [9.17, 15) is 4.79 Å². The van der Waals surface area contributed by atoms with Gasteiger partial charge in [0, 0.05) is 21.4 Å². The van der Waals surface area contributed by atoms with Gasteiger partial charge in [-0.25, -0.2) is 0 Å². The Labute approximate surface area is 104 Å². The van der Waals surface area contributed by atoms with Gasteiger partial charge in [-0.15, -0.1) is 11.8 Å². The molecule has 0 aliphatic heterocycles. The molecule has 0 aliphatic rings. The Bertz CT molecular complexity index is 336. The molecule has 0 N–H and O–H groups in total. The number of alkyl halides is 1. The van der Waals surface area contributed by atoms with Gasteiger partial charge in [0.25, 0.3) is 0 Å². The van der Waals surface area contributed by atoms with E-state index in [1.165, 1.54) is 10.5 Å². The molecular weight excluding hydrogens is 272 g/mol. The number of halogens is 1. The molecule has 0 fully saturated rings. The zero-order valence-electron chi connectivity index (χ0n) is 9.00. The third-order valence-electron chi connectivity index (χ3n) is 2.04. The Kier molecular flexibility index (Phi) is 4.87. The Morgan fingerprint density at radius 1 is 1.40 bits per heavy atom. The highest BCUT2D eigenvalue weighted by molar-refractivity contribution is 9.08. The third kappa shape index (κ3) is 3.99. The van der Waals surface area contributed by atoms with Gasteiger partial charge in [-0.05, 0) is 11.6 Å². The van der Waals surface area contributed by atoms with Crippen LogP contribution in [0.3, 0.4) is 0 Å². The highest BCUT2D eigenvalue weighted by Gasteiger charge is 2.17. The van der Waals surface area contributed by atoms with E-state index in [4.69, 9.17) is 0 Å². The fourth-order valence-corrected chi connectivity index (χ4v) is 2.82. The molecule has 0 atom stereocenters. The first-order chi connectivity index (χ1) is 7.09. The summed E-state index contributed by atoms with van der Waals surface area (Å²) in [6, 6.07) is 8.26. The maximum atomic E-state index is 10.8. The summed E-state index contributed by atoms with van der Waals surface area (Å²) in [6.45, 7) is 3.92. The summed E-state index contributed by atoms with van der Waals surface area (Å²) < 4.78 is 0. The van der Waals surface area contributed by atoms with E-state index < -0.39 is 0 Å². The second-order valence-electron chi connectivity index (χ2n) is 4.14. The van der Waals surface area contributed by atoms with Crippen molar-refractivity contribution in [1.29, 1.82) is 0 Å². The SMILES string of the molecule is CC(C)(C=O)CSc1ccccc1CBr. The summed E-state index contributed by atoms with van der Waals surface area (Å²) in [5.74, 6) is 0.820. The molecule has 0 amide bonds. The number of carbonyl (C=O) groups excluding carboxylic acids is 1. The van der Waals surface area contributed by atoms with E-state index in [0.29, 0.717) is 0 Å². The number of aldehydes is 1. The number of benzene rings is 1. The summed E-state index contributed by atoms with van der Waals surface area (Å²) in [7, 11) is 0. The molecule has 0 bridgehead atoms. The summed E-state index contributed by atoms with van der Waals surface area (Å²) in [5.41, 5.74) is 1.04. The minimum atomic E-state index is -0.246. The van der Waals surface area contributed by atoms with E-state index in [-0.39, 0.29) is 5.41 Å². The normalized spacial score (nSPS) is 11.4. The largest absolute Gasteiger partial charge is 0.303 e. The van der Waals surface area contributed by atoms with Crippen LogP contribution in [-0.2, 0) is 10.1 Å². The first-order valence-electron chi connectivity index (χ1n) is 4.82. The molecule has 0 radical (unpaired) electrons. The van der Waals surface area contributed by atoms with Crippen LogP contribution < -0.4 is 0 Å². The Hall–Kier alpha value is -0.280. The molecule has 15 heavy (non-hydrogen) atoms. The van der Waals surface area contributed by atoms with Crippen LogP contribution in [0.2, 0.25) is 0 Å². The average molecular weight is 287 g/mol. The summed E-state index contributed by atoms with van der Waals surface area (Å²) in [6.07, 6.45) is 1.02. The molecule has 1 aromatic carbocycles. The van der Waals surface area contributed by atoms with Gasteiger partial charge in [0.1, 0.15) is 6.29 Å². The molecule has 0 unspecified atom stereocenters. The maximum absolute atomic E-state index is 10.8. The van der Waals surface area contributed by atoms with Crippen LogP contribution in [-0.4, -0.2) is 12.0 Å². The molecule has 0 spiro atoms. The lowest BCUT2D eigenvalue weighted by Crippen LogP contribution is -2.16. The van der Waals surface area contributed by atoms with E-state index >= 15 is 0 Å². The van der Waals surface area contributed by atoms with Gasteiger partial charge in [-0.3, -0.25) is 0 Å². The van der Waals surface area contributed by atoms with Crippen molar-refractivity contribution in [1.82, 2.24) is 0 Å². The van der Waals surface area contributed by atoms with E-state index in [2.05, 4.69) is 28.1 Å². The predicted molar refractivity (Wildman–Crippen MR) is 69.6 cm³/mol. The van der Waals surface area contributed by atoms with Crippen LogP contribution in [0.15, 0.2) is 29.2 Å². The molecule has 0 saturated carbocycles. The Morgan fingerprint density at radius 3 is 2.67 bits per heavy atom. The van der Waals surface area contributed by atoms with Crippen molar-refractivity contribution in [2.24, 2.45) is 5.41 Å². The minimum Gasteiger partial charge on any atom is -0.303 e. The number of carbonyl (C=O) groups is 1. The zero-order valence-corrected chi connectivity index (χ0v) is 11.4. The fraction of sp³-hybridized carbons (Fsp3) is 0.417.